The van der Waals surface area contributed by atoms with Gasteiger partial charge in [-0.25, -0.2) is 0 Å². The number of rotatable bonds is 3. The van der Waals surface area contributed by atoms with E-state index in [9.17, 15) is 0 Å². The first-order chi connectivity index (χ1) is 6.54. The summed E-state index contributed by atoms with van der Waals surface area (Å²) in [5.74, 6) is 0. The summed E-state index contributed by atoms with van der Waals surface area (Å²) in [7, 11) is 0. The SMILES string of the molecule is CC(C)(C)c1cc[c]([Sn][CH2]CN)cc1. The zero-order chi connectivity index (χ0) is 10.6. The third-order valence-corrected chi connectivity index (χ3v) is 5.88. The Labute approximate surface area is 97.3 Å². The molecule has 0 spiro atoms. The van der Waals surface area contributed by atoms with Crippen LogP contribution in [0.5, 0.6) is 0 Å². The minimum atomic E-state index is -0.364. The van der Waals surface area contributed by atoms with E-state index < -0.39 is 0 Å². The van der Waals surface area contributed by atoms with Gasteiger partial charge in [0.15, 0.2) is 0 Å². The van der Waals surface area contributed by atoms with E-state index in [0.29, 0.717) is 0 Å². The van der Waals surface area contributed by atoms with Crippen molar-refractivity contribution in [3.63, 3.8) is 0 Å². The molecule has 0 aliphatic rings. The predicted octanol–water partition coefficient (Wildman–Crippen LogP) is 1.69. The Kier molecular flexibility index (Phi) is 4.45. The van der Waals surface area contributed by atoms with Crippen molar-refractivity contribution in [3.05, 3.63) is 29.8 Å². The maximum atomic E-state index is 5.52. The van der Waals surface area contributed by atoms with Gasteiger partial charge in [0.25, 0.3) is 0 Å². The van der Waals surface area contributed by atoms with E-state index in [1.807, 2.05) is 0 Å². The summed E-state index contributed by atoms with van der Waals surface area (Å²) < 4.78 is 2.81. The average molecular weight is 296 g/mol. The fourth-order valence-corrected chi connectivity index (χ4v) is 3.69. The van der Waals surface area contributed by atoms with Crippen LogP contribution in [0.2, 0.25) is 4.44 Å². The molecule has 0 heterocycles. The normalized spacial score (nSPS) is 11.7. The molecule has 0 aliphatic heterocycles. The van der Waals surface area contributed by atoms with Gasteiger partial charge < -0.3 is 0 Å². The van der Waals surface area contributed by atoms with Crippen molar-refractivity contribution in [1.29, 1.82) is 0 Å². The van der Waals surface area contributed by atoms with E-state index in [2.05, 4.69) is 45.0 Å². The van der Waals surface area contributed by atoms with Crippen molar-refractivity contribution >= 4 is 24.7 Å². The molecular formula is C12H19NSn. The monoisotopic (exact) mass is 297 g/mol. The summed E-state index contributed by atoms with van der Waals surface area (Å²) in [6, 6.07) is 9.13. The van der Waals surface area contributed by atoms with E-state index in [1.165, 1.54) is 10.0 Å². The maximum absolute atomic E-state index is 5.52. The average Bonchev–Trinajstić information content (AvgIpc) is 2.14. The number of benzene rings is 1. The van der Waals surface area contributed by atoms with Crippen molar-refractivity contribution in [2.75, 3.05) is 6.54 Å². The van der Waals surface area contributed by atoms with E-state index in [4.69, 9.17) is 5.73 Å². The summed E-state index contributed by atoms with van der Waals surface area (Å²) in [4.78, 5) is 0. The van der Waals surface area contributed by atoms with Gasteiger partial charge in [-0.2, -0.15) is 0 Å². The molecule has 0 saturated heterocycles. The molecule has 2 radical (unpaired) electrons. The third-order valence-electron chi connectivity index (χ3n) is 2.22. The molecule has 1 aromatic carbocycles. The van der Waals surface area contributed by atoms with Gasteiger partial charge in [0, 0.05) is 0 Å². The second-order valence-electron chi connectivity index (χ2n) is 4.54. The first kappa shape index (κ1) is 12.1. The van der Waals surface area contributed by atoms with Crippen LogP contribution in [-0.2, 0) is 5.41 Å². The Morgan fingerprint density at radius 3 is 2.14 bits per heavy atom. The van der Waals surface area contributed by atoms with Crippen molar-refractivity contribution in [1.82, 2.24) is 0 Å². The molecule has 0 bridgehead atoms. The van der Waals surface area contributed by atoms with Crippen LogP contribution in [0, 0.1) is 0 Å². The van der Waals surface area contributed by atoms with Gasteiger partial charge in [-0.1, -0.05) is 0 Å². The number of hydrogen-bond donors (Lipinski definition) is 1. The molecular weight excluding hydrogens is 277 g/mol. The van der Waals surface area contributed by atoms with Crippen LogP contribution in [-0.4, -0.2) is 27.7 Å². The Balaban J connectivity index is 2.69. The fourth-order valence-electron chi connectivity index (χ4n) is 1.30. The molecule has 0 saturated carbocycles. The predicted molar refractivity (Wildman–Crippen MR) is 64.4 cm³/mol. The topological polar surface area (TPSA) is 26.0 Å². The van der Waals surface area contributed by atoms with Gasteiger partial charge in [-0.3, -0.25) is 0 Å². The first-order valence-corrected chi connectivity index (χ1v) is 8.53. The first-order valence-electron chi connectivity index (χ1n) is 5.08. The molecule has 2 N–H and O–H groups in total. The molecule has 2 heteroatoms. The van der Waals surface area contributed by atoms with Crippen molar-refractivity contribution < 1.29 is 0 Å². The molecule has 1 aromatic rings. The van der Waals surface area contributed by atoms with Gasteiger partial charge in [-0.15, -0.1) is 0 Å². The Morgan fingerprint density at radius 1 is 1.14 bits per heavy atom. The van der Waals surface area contributed by atoms with Crippen LogP contribution in [0.1, 0.15) is 26.3 Å². The van der Waals surface area contributed by atoms with Crippen LogP contribution in [0.3, 0.4) is 0 Å². The molecule has 0 atom stereocenters. The summed E-state index contributed by atoms with van der Waals surface area (Å²) in [6.45, 7) is 7.61. The van der Waals surface area contributed by atoms with Crippen molar-refractivity contribution in [2.24, 2.45) is 5.73 Å². The van der Waals surface area contributed by atoms with E-state index >= 15 is 0 Å². The summed E-state index contributed by atoms with van der Waals surface area (Å²) in [5, 5.41) is 0. The Morgan fingerprint density at radius 2 is 1.71 bits per heavy atom. The molecule has 14 heavy (non-hydrogen) atoms. The van der Waals surface area contributed by atoms with E-state index in [-0.39, 0.29) is 26.6 Å². The third kappa shape index (κ3) is 3.62. The van der Waals surface area contributed by atoms with Gasteiger partial charge >= 0.3 is 97.5 Å². The molecule has 0 fully saturated rings. The van der Waals surface area contributed by atoms with E-state index in [0.717, 1.165) is 6.54 Å². The molecule has 0 aliphatic carbocycles. The molecule has 0 aromatic heterocycles. The van der Waals surface area contributed by atoms with Gasteiger partial charge in [-0.05, 0) is 0 Å². The second kappa shape index (κ2) is 5.17. The van der Waals surface area contributed by atoms with Crippen molar-refractivity contribution in [3.8, 4) is 0 Å². The zero-order valence-electron chi connectivity index (χ0n) is 9.30. The molecule has 76 valence electrons. The van der Waals surface area contributed by atoms with Crippen LogP contribution in [0.15, 0.2) is 24.3 Å². The van der Waals surface area contributed by atoms with Gasteiger partial charge in [0.05, 0.1) is 0 Å². The van der Waals surface area contributed by atoms with Crippen LogP contribution >= 0.6 is 0 Å². The van der Waals surface area contributed by atoms with Crippen LogP contribution in [0.4, 0.5) is 0 Å². The number of hydrogen-bond acceptors (Lipinski definition) is 1. The van der Waals surface area contributed by atoms with Crippen molar-refractivity contribution in [2.45, 2.75) is 30.6 Å². The second-order valence-corrected chi connectivity index (χ2v) is 8.63. The molecule has 1 rings (SSSR count). The van der Waals surface area contributed by atoms with Crippen LogP contribution in [0.25, 0.3) is 0 Å². The summed E-state index contributed by atoms with van der Waals surface area (Å²) in [5.41, 5.74) is 7.22. The van der Waals surface area contributed by atoms with Gasteiger partial charge in [0.2, 0.25) is 0 Å². The molecule has 1 nitrogen and oxygen atoms in total. The fraction of sp³-hybridized carbons (Fsp3) is 0.500. The summed E-state index contributed by atoms with van der Waals surface area (Å²) in [6.07, 6.45) is 0. The summed E-state index contributed by atoms with van der Waals surface area (Å²) >= 11 is -0.364. The Hall–Kier alpha value is -0.0213. The van der Waals surface area contributed by atoms with Crippen LogP contribution < -0.4 is 9.31 Å². The number of nitrogens with two attached hydrogens (primary N) is 1. The molecule has 0 unspecified atom stereocenters. The van der Waals surface area contributed by atoms with E-state index in [1.54, 1.807) is 3.58 Å². The zero-order valence-corrected chi connectivity index (χ0v) is 12.2. The minimum absolute atomic E-state index is 0.275. The molecule has 0 amide bonds. The standard InChI is InChI=1S/C10H13.C2H6N.Sn/c1-10(2,3)9-7-5-4-6-8-9;1-2-3;/h5-8H,1-3H3;1-3H2;. The quantitative estimate of drug-likeness (QED) is 0.844. The Bertz CT molecular complexity index is 271. The van der Waals surface area contributed by atoms with Gasteiger partial charge in [0.1, 0.15) is 0 Å².